The Hall–Kier alpha value is -1.62. The number of fused-ring (bicyclic) bond motifs is 1. The van der Waals surface area contributed by atoms with Crippen molar-refractivity contribution < 1.29 is 4.79 Å². The van der Waals surface area contributed by atoms with Crippen LogP contribution in [0.25, 0.3) is 0 Å². The first-order valence-electron chi connectivity index (χ1n) is 7.28. The Morgan fingerprint density at radius 3 is 2.85 bits per heavy atom. The number of rotatable bonds is 1. The summed E-state index contributed by atoms with van der Waals surface area (Å²) >= 11 is 0. The van der Waals surface area contributed by atoms with Crippen molar-refractivity contribution in [3.63, 3.8) is 0 Å². The Morgan fingerprint density at radius 2 is 2.15 bits per heavy atom. The second-order valence-corrected chi connectivity index (χ2v) is 6.09. The molecule has 0 bridgehead atoms. The highest BCUT2D eigenvalue weighted by molar-refractivity contribution is 5.94. The van der Waals surface area contributed by atoms with Crippen LogP contribution in [0.15, 0.2) is 23.1 Å². The van der Waals surface area contributed by atoms with Crippen molar-refractivity contribution in [2.45, 2.75) is 25.3 Å². The van der Waals surface area contributed by atoms with Crippen LogP contribution < -0.4 is 11.3 Å². The predicted octanol–water partition coefficient (Wildman–Crippen LogP) is 0.585. The Bertz CT molecular complexity index is 581. The summed E-state index contributed by atoms with van der Waals surface area (Å²) in [6.07, 6.45) is 5.04. The number of likely N-dealkylation sites (tertiary alicyclic amines) is 1. The summed E-state index contributed by atoms with van der Waals surface area (Å²) in [5, 5.41) is 0. The number of amides is 1. The van der Waals surface area contributed by atoms with E-state index in [1.165, 1.54) is 17.1 Å². The second kappa shape index (κ2) is 5.05. The van der Waals surface area contributed by atoms with Crippen molar-refractivity contribution >= 4 is 5.91 Å². The van der Waals surface area contributed by atoms with Crippen LogP contribution in [0.4, 0.5) is 0 Å². The molecule has 5 nitrogen and oxygen atoms in total. The van der Waals surface area contributed by atoms with Gasteiger partial charge in [0.15, 0.2) is 0 Å². The molecule has 1 aromatic heterocycles. The highest BCUT2D eigenvalue weighted by atomic mass is 16.2. The van der Waals surface area contributed by atoms with Gasteiger partial charge >= 0.3 is 0 Å². The number of nitrogens with two attached hydrogens (primary N) is 1. The zero-order chi connectivity index (χ0) is 14.3. The van der Waals surface area contributed by atoms with Gasteiger partial charge in [-0.05, 0) is 30.7 Å². The first kappa shape index (κ1) is 13.4. The summed E-state index contributed by atoms with van der Waals surface area (Å²) in [5.41, 5.74) is 6.51. The fourth-order valence-corrected chi connectivity index (χ4v) is 3.55. The molecule has 3 rings (SSSR count). The van der Waals surface area contributed by atoms with Gasteiger partial charge in [-0.15, -0.1) is 0 Å². The molecule has 108 valence electrons. The number of carbonyl (C=O) groups excluding carboxylic acids is 1. The largest absolute Gasteiger partial charge is 0.338 e. The van der Waals surface area contributed by atoms with Crippen molar-refractivity contribution in [3.05, 3.63) is 34.2 Å². The molecular weight excluding hydrogens is 254 g/mol. The fraction of sp³-hybridized carbons (Fsp3) is 0.600. The van der Waals surface area contributed by atoms with E-state index < -0.39 is 0 Å². The third-order valence-corrected chi connectivity index (χ3v) is 4.79. The van der Waals surface area contributed by atoms with Crippen molar-refractivity contribution in [2.75, 3.05) is 13.1 Å². The first-order valence-corrected chi connectivity index (χ1v) is 7.28. The maximum absolute atomic E-state index is 12.5. The van der Waals surface area contributed by atoms with Gasteiger partial charge < -0.3 is 15.2 Å². The van der Waals surface area contributed by atoms with Gasteiger partial charge in [0, 0.05) is 44.0 Å². The molecule has 0 spiro atoms. The average Bonchev–Trinajstić information content (AvgIpc) is 2.86. The van der Waals surface area contributed by atoms with Crippen molar-refractivity contribution in [2.24, 2.45) is 24.6 Å². The minimum absolute atomic E-state index is 0.0377. The highest BCUT2D eigenvalue weighted by Crippen LogP contribution is 2.35. The Morgan fingerprint density at radius 1 is 1.35 bits per heavy atom. The summed E-state index contributed by atoms with van der Waals surface area (Å²) in [7, 11) is 1.68. The van der Waals surface area contributed by atoms with Gasteiger partial charge in [-0.2, -0.15) is 0 Å². The quantitative estimate of drug-likeness (QED) is 0.815. The maximum atomic E-state index is 12.5. The number of carbonyl (C=O) groups is 1. The summed E-state index contributed by atoms with van der Waals surface area (Å²) in [4.78, 5) is 26.0. The van der Waals surface area contributed by atoms with Crippen molar-refractivity contribution in [1.82, 2.24) is 9.47 Å². The molecule has 1 amide bonds. The van der Waals surface area contributed by atoms with Gasteiger partial charge in [0.25, 0.3) is 11.5 Å². The molecule has 0 aromatic carbocycles. The lowest BCUT2D eigenvalue weighted by molar-refractivity contribution is 0.0783. The normalized spacial score (nSPS) is 29.3. The number of hydrogen-bond donors (Lipinski definition) is 1. The van der Waals surface area contributed by atoms with Gasteiger partial charge in [-0.3, -0.25) is 9.59 Å². The monoisotopic (exact) mass is 275 g/mol. The topological polar surface area (TPSA) is 68.3 Å². The van der Waals surface area contributed by atoms with Gasteiger partial charge in [0.1, 0.15) is 0 Å². The molecule has 20 heavy (non-hydrogen) atoms. The third kappa shape index (κ3) is 2.26. The van der Waals surface area contributed by atoms with Crippen LogP contribution in [-0.2, 0) is 7.05 Å². The van der Waals surface area contributed by atoms with E-state index >= 15 is 0 Å². The lowest BCUT2D eigenvalue weighted by Crippen LogP contribution is -2.38. The Labute approximate surface area is 118 Å². The molecule has 0 radical (unpaired) electrons. The van der Waals surface area contributed by atoms with E-state index in [0.29, 0.717) is 17.4 Å². The number of aryl methyl sites for hydroxylation is 1. The van der Waals surface area contributed by atoms with Crippen LogP contribution in [0.2, 0.25) is 0 Å². The summed E-state index contributed by atoms with van der Waals surface area (Å²) in [5.74, 6) is 0.929. The number of aromatic nitrogens is 1. The van der Waals surface area contributed by atoms with E-state index in [2.05, 4.69) is 0 Å². The highest BCUT2D eigenvalue weighted by Gasteiger charge is 2.40. The predicted molar refractivity (Wildman–Crippen MR) is 76.4 cm³/mol. The molecule has 1 saturated carbocycles. The molecule has 3 unspecified atom stereocenters. The SMILES string of the molecule is Cn1ccc(C(=O)N2CC3CCCC(N)C3C2)cc1=O. The van der Waals surface area contributed by atoms with Crippen LogP contribution >= 0.6 is 0 Å². The zero-order valence-electron chi connectivity index (χ0n) is 11.8. The molecule has 1 aliphatic heterocycles. The lowest BCUT2D eigenvalue weighted by Gasteiger charge is -2.29. The molecular formula is C15H21N3O2. The van der Waals surface area contributed by atoms with Gasteiger partial charge in [0.2, 0.25) is 0 Å². The molecule has 2 heterocycles. The van der Waals surface area contributed by atoms with E-state index in [9.17, 15) is 9.59 Å². The summed E-state index contributed by atoms with van der Waals surface area (Å²) in [6, 6.07) is 3.35. The summed E-state index contributed by atoms with van der Waals surface area (Å²) in [6.45, 7) is 1.52. The molecule has 1 saturated heterocycles. The Balaban J connectivity index is 1.78. The standard InChI is InChI=1S/C15H21N3O2/c1-17-6-5-10(7-14(17)19)15(20)18-8-11-3-2-4-13(16)12(11)9-18/h5-7,11-13H,2-4,8-9,16H2,1H3. The molecule has 1 aliphatic carbocycles. The van der Waals surface area contributed by atoms with Crippen molar-refractivity contribution in [1.29, 1.82) is 0 Å². The van der Waals surface area contributed by atoms with Gasteiger partial charge in [-0.25, -0.2) is 0 Å². The molecule has 2 aliphatic rings. The van der Waals surface area contributed by atoms with E-state index in [4.69, 9.17) is 5.73 Å². The molecule has 3 atom stereocenters. The third-order valence-electron chi connectivity index (χ3n) is 4.79. The smallest absolute Gasteiger partial charge is 0.254 e. The van der Waals surface area contributed by atoms with Crippen LogP contribution in [0, 0.1) is 11.8 Å². The first-order chi connectivity index (χ1) is 9.56. The van der Waals surface area contributed by atoms with E-state index in [1.54, 1.807) is 19.3 Å². The lowest BCUT2D eigenvalue weighted by atomic mass is 9.78. The van der Waals surface area contributed by atoms with Crippen LogP contribution in [-0.4, -0.2) is 34.5 Å². The van der Waals surface area contributed by atoms with E-state index in [1.807, 2.05) is 4.90 Å². The zero-order valence-corrected chi connectivity index (χ0v) is 11.8. The Kier molecular flexibility index (Phi) is 3.38. The van der Waals surface area contributed by atoms with Gasteiger partial charge in [-0.1, -0.05) is 6.42 Å². The van der Waals surface area contributed by atoms with E-state index in [0.717, 1.165) is 25.9 Å². The van der Waals surface area contributed by atoms with Gasteiger partial charge in [0.05, 0.1) is 0 Å². The maximum Gasteiger partial charge on any atom is 0.254 e. The van der Waals surface area contributed by atoms with Crippen LogP contribution in [0.3, 0.4) is 0 Å². The molecule has 1 aromatic rings. The van der Waals surface area contributed by atoms with Crippen LogP contribution in [0.5, 0.6) is 0 Å². The van der Waals surface area contributed by atoms with E-state index in [-0.39, 0.29) is 17.5 Å². The minimum atomic E-state index is -0.149. The average molecular weight is 275 g/mol. The van der Waals surface area contributed by atoms with Crippen LogP contribution in [0.1, 0.15) is 29.6 Å². The summed E-state index contributed by atoms with van der Waals surface area (Å²) < 4.78 is 1.47. The second-order valence-electron chi connectivity index (χ2n) is 6.09. The van der Waals surface area contributed by atoms with Crippen molar-refractivity contribution in [3.8, 4) is 0 Å². The molecule has 2 N–H and O–H groups in total. The fourth-order valence-electron chi connectivity index (χ4n) is 3.55. The minimum Gasteiger partial charge on any atom is -0.338 e. The molecule has 2 fully saturated rings. The molecule has 5 heteroatoms. The number of pyridine rings is 1. The number of hydrogen-bond acceptors (Lipinski definition) is 3. The number of nitrogens with zero attached hydrogens (tertiary/aromatic N) is 2.